The average Bonchev–Trinajstić information content (AvgIpc) is 3.09. The van der Waals surface area contributed by atoms with E-state index < -0.39 is 5.91 Å². The van der Waals surface area contributed by atoms with Gasteiger partial charge in [0, 0.05) is 12.2 Å². The number of carbonyl (C=O) groups is 2. The minimum absolute atomic E-state index is 0.0241. The molecule has 0 atom stereocenters. The molecule has 0 bridgehead atoms. The number of aryl methyl sites for hydroxylation is 3. The fourth-order valence-corrected chi connectivity index (χ4v) is 3.30. The van der Waals surface area contributed by atoms with Crippen LogP contribution in [-0.2, 0) is 17.9 Å². The highest BCUT2D eigenvalue weighted by Crippen LogP contribution is 2.22. The third-order valence-electron chi connectivity index (χ3n) is 4.84. The van der Waals surface area contributed by atoms with Gasteiger partial charge < -0.3 is 21.1 Å². The molecule has 0 aliphatic rings. The lowest BCUT2D eigenvalue weighted by atomic mass is 10.1. The van der Waals surface area contributed by atoms with E-state index in [1.807, 2.05) is 57.2 Å². The maximum atomic E-state index is 12.5. The first kappa shape index (κ1) is 21.8. The number of anilines is 2. The summed E-state index contributed by atoms with van der Waals surface area (Å²) in [6.45, 7) is 6.01. The molecule has 0 saturated heterocycles. The maximum absolute atomic E-state index is 12.5. The Bertz CT molecular complexity index is 1080. The minimum atomic E-state index is -0.467. The summed E-state index contributed by atoms with van der Waals surface area (Å²) in [6.07, 6.45) is 0. The second-order valence-electron chi connectivity index (χ2n) is 7.33. The topological polar surface area (TPSA) is 124 Å². The summed E-state index contributed by atoms with van der Waals surface area (Å²) in [5.41, 5.74) is 10.7. The van der Waals surface area contributed by atoms with Crippen LogP contribution in [0.3, 0.4) is 0 Å². The second kappa shape index (κ2) is 9.29. The van der Waals surface area contributed by atoms with E-state index in [4.69, 9.17) is 10.5 Å². The fourth-order valence-electron chi connectivity index (χ4n) is 3.30. The van der Waals surface area contributed by atoms with Crippen molar-refractivity contribution in [2.45, 2.75) is 33.9 Å². The van der Waals surface area contributed by atoms with Gasteiger partial charge in [0.05, 0.1) is 7.11 Å². The third kappa shape index (κ3) is 5.19. The lowest BCUT2D eigenvalue weighted by molar-refractivity contribution is -0.116. The number of aromatic nitrogens is 3. The van der Waals surface area contributed by atoms with E-state index in [2.05, 4.69) is 20.9 Å². The van der Waals surface area contributed by atoms with Crippen molar-refractivity contribution in [1.29, 1.82) is 0 Å². The second-order valence-corrected chi connectivity index (χ2v) is 7.33. The molecule has 9 heteroatoms. The monoisotopic (exact) mass is 422 g/mol. The van der Waals surface area contributed by atoms with Crippen LogP contribution in [0.1, 0.15) is 32.7 Å². The number of ether oxygens (including phenoxy) is 1. The maximum Gasteiger partial charge on any atom is 0.275 e. The Labute approximate surface area is 180 Å². The van der Waals surface area contributed by atoms with Gasteiger partial charge in [-0.3, -0.25) is 9.59 Å². The first-order valence-corrected chi connectivity index (χ1v) is 9.76. The van der Waals surface area contributed by atoms with Gasteiger partial charge in [-0.05, 0) is 49.6 Å². The lowest BCUT2D eigenvalue weighted by Gasteiger charge is -2.13. The molecule has 2 aromatic carbocycles. The molecule has 31 heavy (non-hydrogen) atoms. The molecular weight excluding hydrogens is 396 g/mol. The van der Waals surface area contributed by atoms with Gasteiger partial charge in [0.25, 0.3) is 5.91 Å². The Morgan fingerprint density at radius 3 is 2.35 bits per heavy atom. The Kier molecular flexibility index (Phi) is 6.54. The molecule has 0 aliphatic carbocycles. The SMILES string of the molecule is COc1ccc(CNC(=O)c2nnn(CC(=O)Nc3c(C)cc(C)cc3C)c2N)cc1. The molecule has 0 aliphatic heterocycles. The van der Waals surface area contributed by atoms with Gasteiger partial charge in [0.1, 0.15) is 12.3 Å². The van der Waals surface area contributed by atoms with Gasteiger partial charge in [-0.2, -0.15) is 0 Å². The number of methoxy groups -OCH3 is 1. The van der Waals surface area contributed by atoms with E-state index in [0.717, 1.165) is 33.7 Å². The summed E-state index contributed by atoms with van der Waals surface area (Å²) in [4.78, 5) is 24.9. The van der Waals surface area contributed by atoms with Crippen LogP contribution in [0, 0.1) is 20.8 Å². The van der Waals surface area contributed by atoms with Crippen LogP contribution >= 0.6 is 0 Å². The molecular formula is C22H26N6O3. The predicted octanol–water partition coefficient (Wildman–Crippen LogP) is 2.36. The van der Waals surface area contributed by atoms with E-state index in [1.165, 1.54) is 4.68 Å². The van der Waals surface area contributed by atoms with E-state index in [1.54, 1.807) is 7.11 Å². The van der Waals surface area contributed by atoms with E-state index in [0.29, 0.717) is 6.54 Å². The van der Waals surface area contributed by atoms with Crippen molar-refractivity contribution >= 4 is 23.3 Å². The zero-order valence-electron chi connectivity index (χ0n) is 18.0. The molecule has 3 rings (SSSR count). The molecule has 0 spiro atoms. The molecule has 2 amide bonds. The van der Waals surface area contributed by atoms with Crippen molar-refractivity contribution < 1.29 is 14.3 Å². The summed E-state index contributed by atoms with van der Waals surface area (Å²) in [5.74, 6) is -0.0154. The van der Waals surface area contributed by atoms with Gasteiger partial charge in [0.15, 0.2) is 11.5 Å². The van der Waals surface area contributed by atoms with Crippen molar-refractivity contribution in [3.05, 3.63) is 64.3 Å². The van der Waals surface area contributed by atoms with Crippen molar-refractivity contribution in [3.63, 3.8) is 0 Å². The summed E-state index contributed by atoms with van der Waals surface area (Å²) < 4.78 is 6.32. The minimum Gasteiger partial charge on any atom is -0.497 e. The van der Waals surface area contributed by atoms with E-state index in [9.17, 15) is 9.59 Å². The molecule has 162 valence electrons. The number of nitrogens with two attached hydrogens (primary N) is 1. The molecule has 4 N–H and O–H groups in total. The zero-order valence-corrected chi connectivity index (χ0v) is 18.0. The van der Waals surface area contributed by atoms with Gasteiger partial charge >= 0.3 is 0 Å². The van der Waals surface area contributed by atoms with Crippen LogP contribution in [0.2, 0.25) is 0 Å². The summed E-state index contributed by atoms with van der Waals surface area (Å²) in [6, 6.07) is 11.3. The number of hydrogen-bond acceptors (Lipinski definition) is 6. The van der Waals surface area contributed by atoms with Crippen molar-refractivity contribution in [2.24, 2.45) is 0 Å². The molecule has 0 radical (unpaired) electrons. The number of nitrogens with zero attached hydrogens (tertiary/aromatic N) is 3. The van der Waals surface area contributed by atoms with Crippen LogP contribution in [-0.4, -0.2) is 33.9 Å². The fraction of sp³-hybridized carbons (Fsp3) is 0.273. The quantitative estimate of drug-likeness (QED) is 0.537. The highest BCUT2D eigenvalue weighted by molar-refractivity contribution is 5.97. The van der Waals surface area contributed by atoms with Crippen LogP contribution in [0.15, 0.2) is 36.4 Å². The molecule has 9 nitrogen and oxygen atoms in total. The number of benzene rings is 2. The summed E-state index contributed by atoms with van der Waals surface area (Å²) in [7, 11) is 1.59. The number of nitrogen functional groups attached to an aromatic ring is 1. The predicted molar refractivity (Wildman–Crippen MR) is 118 cm³/mol. The number of hydrogen-bond donors (Lipinski definition) is 3. The molecule has 3 aromatic rings. The summed E-state index contributed by atoms with van der Waals surface area (Å²) in [5, 5.41) is 13.3. The number of nitrogens with one attached hydrogen (secondary N) is 2. The van der Waals surface area contributed by atoms with Crippen molar-refractivity contribution in [3.8, 4) is 5.75 Å². The van der Waals surface area contributed by atoms with Gasteiger partial charge in [-0.25, -0.2) is 4.68 Å². The number of carbonyl (C=O) groups excluding carboxylic acids is 2. The largest absolute Gasteiger partial charge is 0.497 e. The smallest absolute Gasteiger partial charge is 0.275 e. The van der Waals surface area contributed by atoms with Gasteiger partial charge in [0.2, 0.25) is 5.91 Å². The van der Waals surface area contributed by atoms with Crippen LogP contribution < -0.4 is 21.1 Å². The van der Waals surface area contributed by atoms with Crippen LogP contribution in [0.25, 0.3) is 0 Å². The Morgan fingerprint density at radius 1 is 1.10 bits per heavy atom. The molecule has 1 heterocycles. The first-order chi connectivity index (χ1) is 14.8. The molecule has 1 aromatic heterocycles. The Hall–Kier alpha value is -3.88. The highest BCUT2D eigenvalue weighted by Gasteiger charge is 2.19. The average molecular weight is 422 g/mol. The normalized spacial score (nSPS) is 10.6. The van der Waals surface area contributed by atoms with Gasteiger partial charge in [-0.1, -0.05) is 35.0 Å². The third-order valence-corrected chi connectivity index (χ3v) is 4.84. The first-order valence-electron chi connectivity index (χ1n) is 9.76. The van der Waals surface area contributed by atoms with E-state index >= 15 is 0 Å². The number of rotatable bonds is 7. The molecule has 0 unspecified atom stereocenters. The van der Waals surface area contributed by atoms with E-state index in [-0.39, 0.29) is 24.0 Å². The van der Waals surface area contributed by atoms with Crippen molar-refractivity contribution in [2.75, 3.05) is 18.2 Å². The molecule has 0 saturated carbocycles. The Morgan fingerprint density at radius 2 is 1.74 bits per heavy atom. The Balaban J connectivity index is 1.62. The van der Waals surface area contributed by atoms with Crippen molar-refractivity contribution in [1.82, 2.24) is 20.3 Å². The van der Waals surface area contributed by atoms with Gasteiger partial charge in [-0.15, -0.1) is 5.10 Å². The summed E-state index contributed by atoms with van der Waals surface area (Å²) >= 11 is 0. The zero-order chi connectivity index (χ0) is 22.5. The van der Waals surface area contributed by atoms with Crippen LogP contribution in [0.5, 0.6) is 5.75 Å². The molecule has 0 fully saturated rings. The highest BCUT2D eigenvalue weighted by atomic mass is 16.5. The number of amides is 2. The van der Waals surface area contributed by atoms with Crippen LogP contribution in [0.4, 0.5) is 11.5 Å². The standard InChI is InChI=1S/C22H26N6O3/c1-13-9-14(2)19(15(3)10-13)25-18(29)12-28-21(23)20(26-27-28)22(30)24-11-16-5-7-17(31-4)8-6-16/h5-10H,11-12,23H2,1-4H3,(H,24,30)(H,25,29). The lowest BCUT2D eigenvalue weighted by Crippen LogP contribution is -2.25.